The average Bonchev–Trinajstić information content (AvgIpc) is 2.86. The number of aryl methyl sites for hydroxylation is 1. The molecule has 0 amide bonds. The first-order valence-electron chi connectivity index (χ1n) is 6.93. The molecular formula is C15H20N2O3S2. The lowest BCUT2D eigenvalue weighted by atomic mass is 10.2. The lowest BCUT2D eigenvalue weighted by molar-refractivity contribution is 0.281. The minimum atomic E-state index is -1.98. The van der Waals surface area contributed by atoms with Gasteiger partial charge in [-0.3, -0.25) is 0 Å². The summed E-state index contributed by atoms with van der Waals surface area (Å²) in [7, 11) is 4.08. The van der Waals surface area contributed by atoms with E-state index in [4.69, 9.17) is 4.74 Å². The zero-order chi connectivity index (χ0) is 16.1. The molecule has 0 aliphatic rings. The molecule has 0 spiro atoms. The van der Waals surface area contributed by atoms with Crippen LogP contribution in [0.15, 0.2) is 28.5 Å². The van der Waals surface area contributed by atoms with Crippen molar-refractivity contribution in [3.05, 3.63) is 30.0 Å². The van der Waals surface area contributed by atoms with Gasteiger partial charge in [-0.25, -0.2) is 9.19 Å². The van der Waals surface area contributed by atoms with Crippen molar-refractivity contribution in [1.82, 2.24) is 9.88 Å². The predicted octanol–water partition coefficient (Wildman–Crippen LogP) is 3.03. The Bertz CT molecular complexity index is 639. The average molecular weight is 340 g/mol. The van der Waals surface area contributed by atoms with Crippen LogP contribution < -0.4 is 4.74 Å². The largest absolute Gasteiger partial charge is 0.494 e. The highest BCUT2D eigenvalue weighted by molar-refractivity contribution is 7.82. The molecule has 0 aliphatic heterocycles. The molecule has 0 fully saturated rings. The van der Waals surface area contributed by atoms with Gasteiger partial charge in [0.05, 0.1) is 12.3 Å². The van der Waals surface area contributed by atoms with Crippen molar-refractivity contribution in [2.75, 3.05) is 27.2 Å². The highest BCUT2D eigenvalue weighted by Gasteiger charge is 2.13. The van der Waals surface area contributed by atoms with Gasteiger partial charge >= 0.3 is 0 Å². The third-order valence-electron chi connectivity index (χ3n) is 3.03. The van der Waals surface area contributed by atoms with Crippen LogP contribution in [0.2, 0.25) is 0 Å². The molecule has 0 aliphatic carbocycles. The van der Waals surface area contributed by atoms with Gasteiger partial charge in [0.15, 0.2) is 11.1 Å². The summed E-state index contributed by atoms with van der Waals surface area (Å²) in [6.45, 7) is 3.42. The van der Waals surface area contributed by atoms with E-state index < -0.39 is 11.1 Å². The molecule has 1 N–H and O–H groups in total. The maximum atomic E-state index is 11.2. The van der Waals surface area contributed by atoms with E-state index in [1.54, 1.807) is 6.92 Å². The highest BCUT2D eigenvalue weighted by Crippen LogP contribution is 2.30. The van der Waals surface area contributed by atoms with Crippen molar-refractivity contribution in [3.8, 4) is 16.3 Å². The zero-order valence-corrected chi connectivity index (χ0v) is 14.5. The predicted molar refractivity (Wildman–Crippen MR) is 90.0 cm³/mol. The number of hydrogen-bond donors (Lipinski definition) is 1. The van der Waals surface area contributed by atoms with Crippen LogP contribution in [0, 0.1) is 6.92 Å². The van der Waals surface area contributed by atoms with Crippen molar-refractivity contribution < 1.29 is 13.5 Å². The fraction of sp³-hybridized carbons (Fsp3) is 0.400. The van der Waals surface area contributed by atoms with Crippen molar-refractivity contribution in [2.45, 2.75) is 17.6 Å². The lowest BCUT2D eigenvalue weighted by Crippen LogP contribution is -2.15. The van der Waals surface area contributed by atoms with E-state index >= 15 is 0 Å². The molecule has 0 saturated carbocycles. The van der Waals surface area contributed by atoms with Crippen LogP contribution >= 0.6 is 11.3 Å². The number of nitrogens with zero attached hydrogens (tertiary/aromatic N) is 2. The number of thiazole rings is 1. The molecule has 0 radical (unpaired) electrons. The molecule has 1 atom stereocenters. The molecule has 2 aromatic rings. The molecule has 5 nitrogen and oxygen atoms in total. The van der Waals surface area contributed by atoms with E-state index in [1.807, 2.05) is 38.4 Å². The van der Waals surface area contributed by atoms with Gasteiger partial charge in [0.25, 0.3) is 0 Å². The molecule has 0 bridgehead atoms. The zero-order valence-electron chi connectivity index (χ0n) is 12.9. The molecule has 2 rings (SSSR count). The van der Waals surface area contributed by atoms with Gasteiger partial charge in [-0.05, 0) is 51.7 Å². The van der Waals surface area contributed by atoms with Gasteiger partial charge in [0, 0.05) is 12.1 Å². The first-order valence-corrected chi connectivity index (χ1v) is 8.86. The van der Waals surface area contributed by atoms with Crippen LogP contribution in [-0.2, 0) is 11.1 Å². The van der Waals surface area contributed by atoms with Gasteiger partial charge in [-0.15, -0.1) is 11.3 Å². The Kier molecular flexibility index (Phi) is 6.07. The van der Waals surface area contributed by atoms with E-state index in [9.17, 15) is 8.76 Å². The number of aromatic nitrogens is 1. The standard InChI is InChI=1S/C15H20N2O3S2/c1-11-15(22(18)19)21-14(16-11)12-5-7-13(8-6-12)20-10-4-9-17(2)3/h5-8H,4,9-10H2,1-3H3,(H,18,19). The maximum absolute atomic E-state index is 11.2. The quantitative estimate of drug-likeness (QED) is 0.620. The van der Waals surface area contributed by atoms with Crippen LogP contribution in [0.4, 0.5) is 0 Å². The van der Waals surface area contributed by atoms with Crippen LogP contribution in [0.1, 0.15) is 12.1 Å². The number of hydrogen-bond acceptors (Lipinski definition) is 5. The van der Waals surface area contributed by atoms with Crippen molar-refractivity contribution in [1.29, 1.82) is 0 Å². The van der Waals surface area contributed by atoms with Gasteiger partial charge in [0.1, 0.15) is 15.0 Å². The molecule has 7 heteroatoms. The second-order valence-electron chi connectivity index (χ2n) is 5.17. The molecule has 0 saturated heterocycles. The summed E-state index contributed by atoms with van der Waals surface area (Å²) in [4.78, 5) is 6.47. The second kappa shape index (κ2) is 7.82. The minimum Gasteiger partial charge on any atom is -0.494 e. The number of ether oxygens (including phenoxy) is 1. The molecule has 120 valence electrons. The fourth-order valence-electron chi connectivity index (χ4n) is 1.93. The Morgan fingerprint density at radius 3 is 2.55 bits per heavy atom. The van der Waals surface area contributed by atoms with E-state index in [-0.39, 0.29) is 0 Å². The summed E-state index contributed by atoms with van der Waals surface area (Å²) in [6.07, 6.45) is 0.978. The molecule has 22 heavy (non-hydrogen) atoms. The van der Waals surface area contributed by atoms with Crippen LogP contribution in [0.25, 0.3) is 10.6 Å². The summed E-state index contributed by atoms with van der Waals surface area (Å²) >= 11 is -0.736. The van der Waals surface area contributed by atoms with Crippen LogP contribution in [-0.4, -0.2) is 45.9 Å². The van der Waals surface area contributed by atoms with E-state index in [0.29, 0.717) is 16.5 Å². The van der Waals surface area contributed by atoms with Gasteiger partial charge in [-0.2, -0.15) is 0 Å². The fourth-order valence-corrected chi connectivity index (χ4v) is 3.56. The SMILES string of the molecule is Cc1nc(-c2ccc(OCCCN(C)C)cc2)sc1S(=O)O. The first-order chi connectivity index (χ1) is 10.5. The monoisotopic (exact) mass is 340 g/mol. The Morgan fingerprint density at radius 2 is 2.00 bits per heavy atom. The van der Waals surface area contributed by atoms with Gasteiger partial charge in [-0.1, -0.05) is 0 Å². The third-order valence-corrected chi connectivity index (χ3v) is 5.32. The Labute approximate surface area is 137 Å². The Balaban J connectivity index is 1.99. The van der Waals surface area contributed by atoms with Crippen LogP contribution in [0.5, 0.6) is 5.75 Å². The van der Waals surface area contributed by atoms with Crippen molar-refractivity contribution in [3.63, 3.8) is 0 Å². The minimum absolute atomic E-state index is 0.402. The third kappa shape index (κ3) is 4.61. The number of rotatable bonds is 7. The first kappa shape index (κ1) is 17.1. The molecule has 1 unspecified atom stereocenters. The van der Waals surface area contributed by atoms with E-state index in [0.717, 1.165) is 29.3 Å². The van der Waals surface area contributed by atoms with E-state index in [1.165, 1.54) is 11.3 Å². The summed E-state index contributed by atoms with van der Waals surface area (Å²) in [6, 6.07) is 7.64. The number of benzene rings is 1. The van der Waals surface area contributed by atoms with E-state index in [2.05, 4.69) is 9.88 Å². The molecule has 1 aromatic carbocycles. The summed E-state index contributed by atoms with van der Waals surface area (Å²) in [5, 5.41) is 0.744. The normalized spacial score (nSPS) is 12.6. The van der Waals surface area contributed by atoms with Crippen LogP contribution in [0.3, 0.4) is 0 Å². The van der Waals surface area contributed by atoms with Gasteiger partial charge < -0.3 is 14.2 Å². The topological polar surface area (TPSA) is 62.7 Å². The summed E-state index contributed by atoms with van der Waals surface area (Å²) in [5.41, 5.74) is 1.52. The molecule has 1 heterocycles. The summed E-state index contributed by atoms with van der Waals surface area (Å²) in [5.74, 6) is 0.821. The van der Waals surface area contributed by atoms with Crippen molar-refractivity contribution in [2.24, 2.45) is 0 Å². The Hall–Kier alpha value is -1.28. The van der Waals surface area contributed by atoms with Crippen molar-refractivity contribution >= 4 is 22.4 Å². The van der Waals surface area contributed by atoms with Gasteiger partial charge in [0.2, 0.25) is 0 Å². The summed E-state index contributed by atoms with van der Waals surface area (Å²) < 4.78 is 26.4. The second-order valence-corrected chi connectivity index (χ2v) is 7.33. The highest BCUT2D eigenvalue weighted by atomic mass is 32.2. The maximum Gasteiger partial charge on any atom is 0.198 e. The lowest BCUT2D eigenvalue weighted by Gasteiger charge is -2.10. The molecular weight excluding hydrogens is 320 g/mol. The Morgan fingerprint density at radius 1 is 1.32 bits per heavy atom. The molecule has 1 aromatic heterocycles. The smallest absolute Gasteiger partial charge is 0.198 e.